The second-order valence-corrected chi connectivity index (χ2v) is 7.48. The van der Waals surface area contributed by atoms with Crippen molar-refractivity contribution in [1.29, 1.82) is 0 Å². The van der Waals surface area contributed by atoms with Crippen molar-refractivity contribution in [2.45, 2.75) is 0 Å². The number of hydrogen-bond acceptors (Lipinski definition) is 5. The normalized spacial score (nSPS) is 10.8. The summed E-state index contributed by atoms with van der Waals surface area (Å²) in [7, 11) is 1.60. The third-order valence-electron chi connectivity index (χ3n) is 4.82. The number of methoxy groups -OCH3 is 1. The lowest BCUT2D eigenvalue weighted by atomic mass is 10.1. The van der Waals surface area contributed by atoms with Crippen LogP contribution in [0.5, 0.6) is 5.75 Å². The van der Waals surface area contributed by atoms with Gasteiger partial charge in [0.15, 0.2) is 0 Å². The zero-order valence-corrected chi connectivity index (χ0v) is 18.9. The average Bonchev–Trinajstić information content (AvgIpc) is 3.30. The summed E-state index contributed by atoms with van der Waals surface area (Å²) < 4.78 is 6.94. The number of carbonyl (C=O) groups is 2. The van der Waals surface area contributed by atoms with E-state index in [1.165, 1.54) is 6.21 Å². The molecule has 0 aliphatic rings. The van der Waals surface area contributed by atoms with Gasteiger partial charge in [-0.2, -0.15) is 10.2 Å². The van der Waals surface area contributed by atoms with Crippen LogP contribution in [0.15, 0.2) is 90.2 Å². The molecule has 1 heterocycles. The van der Waals surface area contributed by atoms with Crippen molar-refractivity contribution in [1.82, 2.24) is 15.2 Å². The van der Waals surface area contributed by atoms with Crippen LogP contribution in [-0.4, -0.2) is 34.9 Å². The van der Waals surface area contributed by atoms with E-state index in [4.69, 9.17) is 16.3 Å². The van der Waals surface area contributed by atoms with Crippen LogP contribution < -0.4 is 15.5 Å². The Hall–Kier alpha value is -4.43. The first-order valence-electron chi connectivity index (χ1n) is 10.2. The molecule has 2 N–H and O–H groups in total. The standard InChI is InChI=1S/C25H20ClN5O3/c1-34-20-13-11-17(12-14-20)23-18(16-31(30-23)19-7-3-2-4-8-19)15-27-29-25(33)24(32)28-22-10-6-5-9-21(22)26/h2-16H,1H3,(H,28,32)(H,29,33)/b27-15+. The molecule has 0 bridgehead atoms. The Bertz CT molecular complexity index is 1330. The van der Waals surface area contributed by atoms with Crippen LogP contribution in [0.4, 0.5) is 5.69 Å². The van der Waals surface area contributed by atoms with Crippen LogP contribution >= 0.6 is 11.6 Å². The molecule has 8 nitrogen and oxygen atoms in total. The Morgan fingerprint density at radius 3 is 2.38 bits per heavy atom. The molecular formula is C25H20ClN5O3. The van der Waals surface area contributed by atoms with Gasteiger partial charge in [0.25, 0.3) is 0 Å². The summed E-state index contributed by atoms with van der Waals surface area (Å²) in [5, 5.41) is 11.4. The number of benzene rings is 3. The fourth-order valence-electron chi connectivity index (χ4n) is 3.12. The molecule has 0 unspecified atom stereocenters. The van der Waals surface area contributed by atoms with Crippen molar-refractivity contribution >= 4 is 35.3 Å². The zero-order chi connectivity index (χ0) is 23.9. The van der Waals surface area contributed by atoms with E-state index in [2.05, 4.69) is 20.9 Å². The number of para-hydroxylation sites is 2. The average molecular weight is 474 g/mol. The SMILES string of the molecule is COc1ccc(-c2nn(-c3ccccc3)cc2/C=N/NC(=O)C(=O)Nc2ccccc2Cl)cc1. The molecule has 4 rings (SSSR count). The number of amides is 2. The molecule has 0 spiro atoms. The third kappa shape index (κ3) is 5.31. The van der Waals surface area contributed by atoms with Crippen LogP contribution in [0.1, 0.15) is 5.56 Å². The summed E-state index contributed by atoms with van der Waals surface area (Å²) in [6, 6.07) is 23.6. The van der Waals surface area contributed by atoms with Gasteiger partial charge in [0.2, 0.25) is 0 Å². The summed E-state index contributed by atoms with van der Waals surface area (Å²) in [5.74, 6) is -1.10. The van der Waals surface area contributed by atoms with Crippen LogP contribution in [-0.2, 0) is 9.59 Å². The molecule has 0 saturated heterocycles. The molecule has 4 aromatic rings. The summed E-state index contributed by atoms with van der Waals surface area (Å²) in [5.41, 5.74) is 5.55. The molecular weight excluding hydrogens is 454 g/mol. The second kappa shape index (κ2) is 10.5. The summed E-state index contributed by atoms with van der Waals surface area (Å²) in [6.07, 6.45) is 3.22. The number of carbonyl (C=O) groups excluding carboxylic acids is 2. The van der Waals surface area contributed by atoms with Gasteiger partial charge in [0.1, 0.15) is 11.4 Å². The molecule has 0 atom stereocenters. The topological polar surface area (TPSA) is 97.6 Å². The molecule has 0 aliphatic heterocycles. The number of nitrogens with one attached hydrogen (secondary N) is 2. The molecule has 170 valence electrons. The molecule has 0 saturated carbocycles. The van der Waals surface area contributed by atoms with Crippen LogP contribution in [0, 0.1) is 0 Å². The van der Waals surface area contributed by atoms with Gasteiger partial charge >= 0.3 is 11.8 Å². The maximum Gasteiger partial charge on any atom is 0.329 e. The number of hydrogen-bond donors (Lipinski definition) is 2. The number of anilines is 1. The van der Waals surface area contributed by atoms with Crippen molar-refractivity contribution in [3.63, 3.8) is 0 Å². The molecule has 34 heavy (non-hydrogen) atoms. The van der Waals surface area contributed by atoms with E-state index in [0.29, 0.717) is 22.0 Å². The Kier molecular flexibility index (Phi) is 7.00. The van der Waals surface area contributed by atoms with Crippen LogP contribution in [0.25, 0.3) is 16.9 Å². The fourth-order valence-corrected chi connectivity index (χ4v) is 3.30. The Morgan fingerprint density at radius 1 is 0.971 bits per heavy atom. The van der Waals surface area contributed by atoms with Gasteiger partial charge in [0.05, 0.1) is 29.7 Å². The van der Waals surface area contributed by atoms with Crippen molar-refractivity contribution in [2.24, 2.45) is 5.10 Å². The van der Waals surface area contributed by atoms with E-state index in [9.17, 15) is 9.59 Å². The van der Waals surface area contributed by atoms with Crippen LogP contribution in [0.2, 0.25) is 5.02 Å². The molecule has 9 heteroatoms. The van der Waals surface area contributed by atoms with E-state index in [1.807, 2.05) is 54.6 Å². The number of nitrogens with zero attached hydrogens (tertiary/aromatic N) is 3. The molecule has 3 aromatic carbocycles. The number of aromatic nitrogens is 2. The summed E-state index contributed by atoms with van der Waals surface area (Å²) in [4.78, 5) is 24.3. The van der Waals surface area contributed by atoms with Crippen LogP contribution in [0.3, 0.4) is 0 Å². The molecule has 2 amide bonds. The lowest BCUT2D eigenvalue weighted by Crippen LogP contribution is -2.32. The highest BCUT2D eigenvalue weighted by Gasteiger charge is 2.15. The Morgan fingerprint density at radius 2 is 1.68 bits per heavy atom. The first kappa shape index (κ1) is 22.8. The fraction of sp³-hybridized carbons (Fsp3) is 0.0400. The largest absolute Gasteiger partial charge is 0.497 e. The highest BCUT2D eigenvalue weighted by Crippen LogP contribution is 2.25. The predicted octanol–water partition coefficient (Wildman–Crippen LogP) is 4.29. The van der Waals surface area contributed by atoms with Crippen molar-refractivity contribution in [3.8, 4) is 22.7 Å². The Labute approximate surface area is 200 Å². The molecule has 0 radical (unpaired) electrons. The number of halogens is 1. The predicted molar refractivity (Wildman–Crippen MR) is 131 cm³/mol. The molecule has 1 aromatic heterocycles. The first-order chi connectivity index (χ1) is 16.5. The van der Waals surface area contributed by atoms with Gasteiger partial charge in [-0.3, -0.25) is 9.59 Å². The maximum absolute atomic E-state index is 12.2. The molecule has 0 aliphatic carbocycles. The van der Waals surface area contributed by atoms with E-state index in [-0.39, 0.29) is 0 Å². The lowest BCUT2D eigenvalue weighted by molar-refractivity contribution is -0.136. The Balaban J connectivity index is 1.54. The van der Waals surface area contributed by atoms with E-state index in [1.54, 1.807) is 42.3 Å². The lowest BCUT2D eigenvalue weighted by Gasteiger charge is -2.05. The van der Waals surface area contributed by atoms with Gasteiger partial charge in [-0.05, 0) is 48.5 Å². The zero-order valence-electron chi connectivity index (χ0n) is 18.1. The van der Waals surface area contributed by atoms with E-state index in [0.717, 1.165) is 17.0 Å². The monoisotopic (exact) mass is 473 g/mol. The van der Waals surface area contributed by atoms with Crippen molar-refractivity contribution in [3.05, 3.63) is 95.6 Å². The van der Waals surface area contributed by atoms with Gasteiger partial charge in [-0.25, -0.2) is 10.1 Å². The minimum atomic E-state index is -0.933. The van der Waals surface area contributed by atoms with Gasteiger partial charge in [-0.15, -0.1) is 0 Å². The van der Waals surface area contributed by atoms with E-state index >= 15 is 0 Å². The van der Waals surface area contributed by atoms with E-state index < -0.39 is 11.8 Å². The first-order valence-corrected chi connectivity index (χ1v) is 10.6. The summed E-state index contributed by atoms with van der Waals surface area (Å²) >= 11 is 6.01. The number of hydrazone groups is 1. The maximum atomic E-state index is 12.2. The minimum absolute atomic E-state index is 0.324. The van der Waals surface area contributed by atoms with Gasteiger partial charge in [-0.1, -0.05) is 41.9 Å². The van der Waals surface area contributed by atoms with Crippen molar-refractivity contribution < 1.29 is 14.3 Å². The minimum Gasteiger partial charge on any atom is -0.497 e. The number of ether oxygens (including phenoxy) is 1. The molecule has 0 fully saturated rings. The second-order valence-electron chi connectivity index (χ2n) is 7.07. The third-order valence-corrected chi connectivity index (χ3v) is 5.15. The quantitative estimate of drug-likeness (QED) is 0.248. The van der Waals surface area contributed by atoms with Crippen molar-refractivity contribution in [2.75, 3.05) is 12.4 Å². The smallest absolute Gasteiger partial charge is 0.329 e. The number of rotatable bonds is 6. The summed E-state index contributed by atoms with van der Waals surface area (Å²) in [6.45, 7) is 0. The highest BCUT2D eigenvalue weighted by molar-refractivity contribution is 6.41. The van der Waals surface area contributed by atoms with Gasteiger partial charge in [0, 0.05) is 17.3 Å². The highest BCUT2D eigenvalue weighted by atomic mass is 35.5. The van der Waals surface area contributed by atoms with Gasteiger partial charge < -0.3 is 10.1 Å².